The van der Waals surface area contributed by atoms with Crippen molar-refractivity contribution in [1.82, 2.24) is 4.98 Å². The van der Waals surface area contributed by atoms with E-state index in [1.807, 2.05) is 37.2 Å². The van der Waals surface area contributed by atoms with Crippen molar-refractivity contribution >= 4 is 50.1 Å². The van der Waals surface area contributed by atoms with Gasteiger partial charge in [0, 0.05) is 30.2 Å². The minimum Gasteiger partial charge on any atom is -0.446 e. The molecule has 0 aliphatic rings. The van der Waals surface area contributed by atoms with Gasteiger partial charge in [0.25, 0.3) is 0 Å². The van der Waals surface area contributed by atoms with Crippen molar-refractivity contribution in [3.05, 3.63) is 34.4 Å². The number of carbonyl (C=O) groups excluding carboxylic acids is 1. The topological polar surface area (TPSA) is 42.4 Å². The first-order valence-corrected chi connectivity index (χ1v) is 6.86. The molecule has 1 aromatic carbocycles. The van der Waals surface area contributed by atoms with Gasteiger partial charge < -0.3 is 9.64 Å². The van der Waals surface area contributed by atoms with E-state index < -0.39 is 5.97 Å². The molecule has 0 spiro atoms. The number of hydrogen-bond acceptors (Lipinski definition) is 4. The van der Waals surface area contributed by atoms with Crippen LogP contribution in [0.4, 0.5) is 5.69 Å². The number of esters is 1. The Bertz CT molecular complexity index is 631. The molecule has 1 aromatic heterocycles. The summed E-state index contributed by atoms with van der Waals surface area (Å²) in [4.78, 5) is 18.1. The molecule has 6 heteroatoms. The number of benzene rings is 1. The Kier molecular flexibility index (Phi) is 4.27. The third-order valence-electron chi connectivity index (χ3n) is 2.67. The molecule has 0 bridgehead atoms. The summed E-state index contributed by atoms with van der Waals surface area (Å²) < 4.78 is 5.73. The molecule has 19 heavy (non-hydrogen) atoms. The van der Waals surface area contributed by atoms with Crippen LogP contribution in [0.1, 0.15) is 10.4 Å². The first-order chi connectivity index (χ1) is 9.06. The Labute approximate surface area is 124 Å². The molecule has 2 rings (SSSR count). The number of hydrogen-bond donors (Lipinski definition) is 0. The minimum atomic E-state index is -0.479. The number of anilines is 1. The molecular weight excluding hydrogens is 332 g/mol. The number of alkyl halides is 1. The van der Waals surface area contributed by atoms with E-state index in [2.05, 4.69) is 20.9 Å². The largest absolute Gasteiger partial charge is 0.446 e. The lowest BCUT2D eigenvalue weighted by Gasteiger charge is -2.19. The predicted octanol–water partition coefficient (Wildman–Crippen LogP) is 3.42. The highest BCUT2D eigenvalue weighted by atomic mass is 79.9. The van der Waals surface area contributed by atoms with E-state index in [-0.39, 0.29) is 6.07 Å². The smallest absolute Gasteiger partial charge is 0.343 e. The predicted molar refractivity (Wildman–Crippen MR) is 79.9 cm³/mol. The number of nitrogens with zero attached hydrogens (tertiary/aromatic N) is 2. The Balaban J connectivity index is 2.73. The van der Waals surface area contributed by atoms with Gasteiger partial charge in [-0.1, -0.05) is 23.7 Å². The molecule has 1 heterocycles. The maximum Gasteiger partial charge on any atom is 0.343 e. The highest BCUT2D eigenvalue weighted by Crippen LogP contribution is 2.32. The highest BCUT2D eigenvalue weighted by Gasteiger charge is 2.18. The zero-order valence-electron chi connectivity index (χ0n) is 10.5. The van der Waals surface area contributed by atoms with Crippen LogP contribution < -0.4 is 4.90 Å². The molecule has 0 fully saturated rings. The van der Waals surface area contributed by atoms with Crippen LogP contribution in [0.15, 0.2) is 28.9 Å². The Morgan fingerprint density at radius 1 is 1.47 bits per heavy atom. The first kappa shape index (κ1) is 14.1. The van der Waals surface area contributed by atoms with Gasteiger partial charge in [-0.2, -0.15) is 0 Å². The Morgan fingerprint density at radius 2 is 2.21 bits per heavy atom. The number of pyridine rings is 1. The quantitative estimate of drug-likeness (QED) is 0.632. The van der Waals surface area contributed by atoms with E-state index in [4.69, 9.17) is 16.3 Å². The highest BCUT2D eigenvalue weighted by molar-refractivity contribution is 9.10. The molecule has 2 aromatic rings. The first-order valence-electron chi connectivity index (χ1n) is 5.54. The van der Waals surface area contributed by atoms with Crippen LogP contribution in [0, 0.1) is 0 Å². The normalized spacial score (nSPS) is 10.5. The summed E-state index contributed by atoms with van der Waals surface area (Å²) in [5.41, 5.74) is 1.96. The van der Waals surface area contributed by atoms with Crippen molar-refractivity contribution in [3.63, 3.8) is 0 Å². The molecule has 0 aliphatic heterocycles. The maximum absolute atomic E-state index is 11.9. The fourth-order valence-corrected chi connectivity index (χ4v) is 2.50. The third kappa shape index (κ3) is 2.67. The summed E-state index contributed by atoms with van der Waals surface area (Å²) in [7, 11) is 3.74. The molecule has 0 aliphatic carbocycles. The summed E-state index contributed by atoms with van der Waals surface area (Å²) in [5.74, 6) is -0.479. The molecule has 0 radical (unpaired) electrons. The average Bonchev–Trinajstić information content (AvgIpc) is 2.37. The van der Waals surface area contributed by atoms with Gasteiger partial charge in [-0.25, -0.2) is 4.79 Å². The lowest BCUT2D eigenvalue weighted by atomic mass is 10.1. The number of fused-ring (bicyclic) bond motifs is 1. The van der Waals surface area contributed by atoms with Gasteiger partial charge in [0.2, 0.25) is 0 Å². The van der Waals surface area contributed by atoms with Gasteiger partial charge in [0.15, 0.2) is 6.07 Å². The van der Waals surface area contributed by atoms with Crippen LogP contribution in [0.2, 0.25) is 0 Å². The van der Waals surface area contributed by atoms with Gasteiger partial charge in [0.1, 0.15) is 5.56 Å². The second-order valence-electron chi connectivity index (χ2n) is 4.09. The molecule has 0 saturated carbocycles. The van der Waals surface area contributed by atoms with Crippen molar-refractivity contribution in [2.24, 2.45) is 0 Å². The number of carbonyl (C=O) groups is 1. The van der Waals surface area contributed by atoms with Crippen molar-refractivity contribution in [3.8, 4) is 0 Å². The van der Waals surface area contributed by atoms with E-state index >= 15 is 0 Å². The second kappa shape index (κ2) is 5.75. The summed E-state index contributed by atoms with van der Waals surface area (Å²) in [6, 6.07) is 5.55. The molecule has 0 N–H and O–H groups in total. The zero-order chi connectivity index (χ0) is 14.0. The van der Waals surface area contributed by atoms with E-state index in [1.165, 1.54) is 6.20 Å². The molecule has 100 valence electrons. The van der Waals surface area contributed by atoms with Crippen LogP contribution in [0.3, 0.4) is 0 Å². The van der Waals surface area contributed by atoms with Crippen molar-refractivity contribution < 1.29 is 9.53 Å². The molecule has 0 unspecified atom stereocenters. The number of para-hydroxylation sites is 1. The lowest BCUT2D eigenvalue weighted by molar-refractivity contribution is 0.0574. The number of halogens is 2. The number of aromatic nitrogens is 1. The summed E-state index contributed by atoms with van der Waals surface area (Å²) in [6.45, 7) is 0. The van der Waals surface area contributed by atoms with E-state index in [9.17, 15) is 4.79 Å². The summed E-state index contributed by atoms with van der Waals surface area (Å²) in [6.07, 6.45) is 1.51. The van der Waals surface area contributed by atoms with E-state index in [1.54, 1.807) is 0 Å². The van der Waals surface area contributed by atoms with Crippen molar-refractivity contribution in [1.29, 1.82) is 0 Å². The molecule has 0 saturated heterocycles. The van der Waals surface area contributed by atoms with Crippen molar-refractivity contribution in [2.45, 2.75) is 0 Å². The fourth-order valence-electron chi connectivity index (χ4n) is 1.93. The van der Waals surface area contributed by atoms with Crippen LogP contribution in [0.25, 0.3) is 10.9 Å². The van der Waals surface area contributed by atoms with Gasteiger partial charge >= 0.3 is 5.97 Å². The van der Waals surface area contributed by atoms with Crippen molar-refractivity contribution in [2.75, 3.05) is 25.1 Å². The van der Waals surface area contributed by atoms with Gasteiger partial charge in [0.05, 0.1) is 11.2 Å². The van der Waals surface area contributed by atoms with E-state index in [0.717, 1.165) is 21.1 Å². The maximum atomic E-state index is 11.9. The van der Waals surface area contributed by atoms with Gasteiger partial charge in [-0.3, -0.25) is 4.98 Å². The van der Waals surface area contributed by atoms with Crippen LogP contribution in [-0.2, 0) is 4.74 Å². The molecule has 4 nitrogen and oxygen atoms in total. The second-order valence-corrected chi connectivity index (χ2v) is 5.16. The summed E-state index contributed by atoms with van der Waals surface area (Å²) >= 11 is 8.89. The average molecular weight is 344 g/mol. The molecule has 0 amide bonds. The van der Waals surface area contributed by atoms with Gasteiger partial charge in [-0.05, 0) is 22.0 Å². The van der Waals surface area contributed by atoms with Crippen LogP contribution in [0.5, 0.6) is 0 Å². The SMILES string of the molecule is CN(C)c1c(C(=O)OCCl)cnc2c(Br)cccc12. The molecule has 0 atom stereocenters. The monoisotopic (exact) mass is 342 g/mol. The third-order valence-corrected chi connectivity index (χ3v) is 3.42. The standard InChI is InChI=1S/C13H12BrClN2O2/c1-17(2)12-8-4-3-5-10(14)11(8)16-6-9(12)13(18)19-7-15/h3-6H,7H2,1-2H3. The lowest BCUT2D eigenvalue weighted by Crippen LogP contribution is -2.16. The Morgan fingerprint density at radius 3 is 2.84 bits per heavy atom. The zero-order valence-corrected chi connectivity index (χ0v) is 12.8. The van der Waals surface area contributed by atoms with Crippen LogP contribution >= 0.6 is 27.5 Å². The Hall–Kier alpha value is -1.33. The fraction of sp³-hybridized carbons (Fsp3) is 0.231. The minimum absolute atomic E-state index is 0.178. The van der Waals surface area contributed by atoms with E-state index in [0.29, 0.717) is 5.56 Å². The number of ether oxygens (including phenoxy) is 1. The number of rotatable bonds is 3. The van der Waals surface area contributed by atoms with Gasteiger partial charge in [-0.15, -0.1) is 0 Å². The van der Waals surface area contributed by atoms with Crippen LogP contribution in [-0.4, -0.2) is 31.1 Å². The molecular formula is C13H12BrClN2O2. The summed E-state index contributed by atoms with van der Waals surface area (Å²) in [5, 5.41) is 0.878.